The van der Waals surface area contributed by atoms with Gasteiger partial charge in [-0.25, -0.2) is 19.8 Å². The van der Waals surface area contributed by atoms with Crippen molar-refractivity contribution in [1.82, 2.24) is 25.2 Å². The molecule has 0 bridgehead atoms. The van der Waals surface area contributed by atoms with Crippen LogP contribution in [0.25, 0.3) is 0 Å². The minimum atomic E-state index is -0.555. The summed E-state index contributed by atoms with van der Waals surface area (Å²) in [5, 5.41) is 6.07. The zero-order valence-corrected chi connectivity index (χ0v) is 19.3. The first kappa shape index (κ1) is 21.9. The molecule has 0 unspecified atom stereocenters. The van der Waals surface area contributed by atoms with E-state index in [0.29, 0.717) is 22.2 Å². The predicted molar refractivity (Wildman–Crippen MR) is 123 cm³/mol. The minimum absolute atomic E-state index is 0.180. The van der Waals surface area contributed by atoms with Crippen LogP contribution in [0.3, 0.4) is 0 Å². The molecule has 4 amide bonds. The number of fused-ring (bicyclic) bond motifs is 1. The quantitative estimate of drug-likeness (QED) is 0.711. The van der Waals surface area contributed by atoms with E-state index in [0.717, 1.165) is 49.7 Å². The number of urea groups is 1. The van der Waals surface area contributed by atoms with Gasteiger partial charge in [-0.05, 0) is 23.3 Å². The predicted octanol–water partition coefficient (Wildman–Crippen LogP) is 2.52. The van der Waals surface area contributed by atoms with E-state index in [2.05, 4.69) is 20.1 Å². The Morgan fingerprint density at radius 2 is 1.76 bits per heavy atom. The van der Waals surface area contributed by atoms with Crippen molar-refractivity contribution in [3.05, 3.63) is 57.2 Å². The number of carbonyl (C=O) groups excluding carboxylic acids is 3. The maximum atomic E-state index is 12.8. The minimum Gasteiger partial charge on any atom is -0.353 e. The summed E-state index contributed by atoms with van der Waals surface area (Å²) in [5.74, 6) is 0.208. The number of pyridine rings is 1. The Balaban J connectivity index is 1.21. The van der Waals surface area contributed by atoms with Crippen LogP contribution in [-0.2, 0) is 17.9 Å². The molecule has 11 heteroatoms. The average molecular weight is 489 g/mol. The van der Waals surface area contributed by atoms with Gasteiger partial charge in [-0.15, -0.1) is 0 Å². The Labute approximate surface area is 200 Å². The fraction of sp³-hybridized carbons (Fsp3) is 0.364. The number of nitrogens with zero attached hydrogens (tertiary/aromatic N) is 5. The van der Waals surface area contributed by atoms with E-state index in [1.807, 2.05) is 18.2 Å². The van der Waals surface area contributed by atoms with Gasteiger partial charge in [0.05, 0.1) is 23.1 Å². The summed E-state index contributed by atoms with van der Waals surface area (Å²) in [4.78, 5) is 45.3. The molecule has 5 rings (SSSR count). The number of benzene rings is 1. The summed E-state index contributed by atoms with van der Waals surface area (Å²) in [5.41, 5.74) is 2.59. The lowest BCUT2D eigenvalue weighted by Crippen LogP contribution is -2.56. The van der Waals surface area contributed by atoms with Gasteiger partial charge in [-0.1, -0.05) is 35.3 Å². The molecule has 2 fully saturated rings. The van der Waals surface area contributed by atoms with Gasteiger partial charge in [0, 0.05) is 50.9 Å². The molecule has 1 aromatic carbocycles. The summed E-state index contributed by atoms with van der Waals surface area (Å²) in [7, 11) is 0. The number of hydrogen-bond donors (Lipinski definition) is 1. The van der Waals surface area contributed by atoms with E-state index in [9.17, 15) is 14.4 Å². The zero-order valence-electron chi connectivity index (χ0n) is 17.8. The molecule has 0 saturated carbocycles. The third kappa shape index (κ3) is 4.36. The van der Waals surface area contributed by atoms with Gasteiger partial charge in [0.2, 0.25) is 5.91 Å². The second-order valence-corrected chi connectivity index (χ2v) is 9.15. The first-order chi connectivity index (χ1) is 15.9. The molecule has 0 atom stereocenters. The maximum absolute atomic E-state index is 12.8. The van der Waals surface area contributed by atoms with Crippen LogP contribution in [0, 0.1) is 0 Å². The van der Waals surface area contributed by atoms with Crippen LogP contribution in [0.5, 0.6) is 0 Å². The maximum Gasteiger partial charge on any atom is 0.342 e. The molecule has 0 aliphatic carbocycles. The molecule has 3 aliphatic heterocycles. The Morgan fingerprint density at radius 1 is 0.970 bits per heavy atom. The summed E-state index contributed by atoms with van der Waals surface area (Å²) >= 11 is 12.3. The smallest absolute Gasteiger partial charge is 0.342 e. The molecule has 2 aromatic rings. The van der Waals surface area contributed by atoms with Crippen LogP contribution in [0.4, 0.5) is 10.6 Å². The van der Waals surface area contributed by atoms with Crippen molar-refractivity contribution >= 4 is 46.9 Å². The number of rotatable bonds is 4. The molecule has 0 spiro atoms. The number of halogens is 2. The lowest BCUT2D eigenvalue weighted by Gasteiger charge is -2.35. The number of hydrazine groups is 1. The number of piperazine rings is 1. The van der Waals surface area contributed by atoms with Gasteiger partial charge < -0.3 is 4.90 Å². The molecule has 1 N–H and O–H groups in total. The summed E-state index contributed by atoms with van der Waals surface area (Å²) < 4.78 is 0. The monoisotopic (exact) mass is 488 g/mol. The molecule has 0 radical (unpaired) electrons. The second-order valence-electron chi connectivity index (χ2n) is 8.30. The Bertz CT molecular complexity index is 1140. The lowest BCUT2D eigenvalue weighted by atomic mass is 10.1. The van der Waals surface area contributed by atoms with Gasteiger partial charge in [0.25, 0.3) is 5.91 Å². The summed E-state index contributed by atoms with van der Waals surface area (Å²) in [6.45, 7) is 4.58. The number of anilines is 1. The second kappa shape index (κ2) is 8.81. The third-order valence-electron chi connectivity index (χ3n) is 6.14. The highest BCUT2D eigenvalue weighted by Crippen LogP contribution is 2.29. The van der Waals surface area contributed by atoms with Crippen molar-refractivity contribution in [2.45, 2.75) is 19.5 Å². The normalized spacial score (nSPS) is 19.2. The molecule has 33 heavy (non-hydrogen) atoms. The van der Waals surface area contributed by atoms with Crippen LogP contribution < -0.4 is 10.2 Å². The number of amides is 4. The molecular weight excluding hydrogens is 467 g/mol. The van der Waals surface area contributed by atoms with E-state index in [-0.39, 0.29) is 24.8 Å². The molecule has 4 heterocycles. The highest BCUT2D eigenvalue weighted by molar-refractivity contribution is 6.36. The standard InChI is InChI=1S/C22H22Cl2N6O3/c23-16-10-18(24)20(25-11-16)28-7-5-27(6-8-28)12-14-1-2-17-15(9-14)13-30(21(17)32)29-4-3-19(31)26-22(29)33/h1-2,9-11H,3-8,12-13H2,(H,26,31,33). The van der Waals surface area contributed by atoms with Crippen molar-refractivity contribution in [3.63, 3.8) is 0 Å². The third-order valence-corrected chi connectivity index (χ3v) is 6.63. The van der Waals surface area contributed by atoms with Gasteiger partial charge >= 0.3 is 6.03 Å². The Morgan fingerprint density at radius 3 is 2.48 bits per heavy atom. The topological polar surface area (TPSA) is 89.1 Å². The molecule has 2 saturated heterocycles. The number of nitrogens with one attached hydrogen (secondary N) is 1. The van der Waals surface area contributed by atoms with Gasteiger partial charge in [0.1, 0.15) is 5.82 Å². The van der Waals surface area contributed by atoms with Gasteiger partial charge in [-0.3, -0.25) is 19.8 Å². The number of hydrogen-bond acceptors (Lipinski definition) is 6. The van der Waals surface area contributed by atoms with Crippen LogP contribution >= 0.6 is 23.2 Å². The lowest BCUT2D eigenvalue weighted by molar-refractivity contribution is -0.123. The van der Waals surface area contributed by atoms with E-state index in [1.165, 1.54) is 10.0 Å². The Kier molecular flexibility index (Phi) is 5.86. The highest BCUT2D eigenvalue weighted by atomic mass is 35.5. The Hall–Kier alpha value is -2.88. The fourth-order valence-electron chi connectivity index (χ4n) is 4.45. The van der Waals surface area contributed by atoms with E-state index < -0.39 is 6.03 Å². The largest absolute Gasteiger partial charge is 0.353 e. The van der Waals surface area contributed by atoms with E-state index in [4.69, 9.17) is 23.2 Å². The molecule has 9 nitrogen and oxygen atoms in total. The fourth-order valence-corrected chi connectivity index (χ4v) is 4.95. The highest BCUT2D eigenvalue weighted by Gasteiger charge is 2.37. The van der Waals surface area contributed by atoms with Crippen LogP contribution in [0.15, 0.2) is 30.5 Å². The van der Waals surface area contributed by atoms with Crippen molar-refractivity contribution in [1.29, 1.82) is 0 Å². The first-order valence-electron chi connectivity index (χ1n) is 10.7. The van der Waals surface area contributed by atoms with Crippen molar-refractivity contribution < 1.29 is 14.4 Å². The zero-order chi connectivity index (χ0) is 23.1. The van der Waals surface area contributed by atoms with E-state index in [1.54, 1.807) is 12.3 Å². The summed E-state index contributed by atoms with van der Waals surface area (Å²) in [6.07, 6.45) is 1.79. The number of imide groups is 1. The van der Waals surface area contributed by atoms with Crippen LogP contribution in [0.2, 0.25) is 10.0 Å². The molecule has 172 valence electrons. The van der Waals surface area contributed by atoms with Crippen molar-refractivity contribution in [2.24, 2.45) is 0 Å². The van der Waals surface area contributed by atoms with Crippen molar-refractivity contribution in [3.8, 4) is 0 Å². The van der Waals surface area contributed by atoms with Gasteiger partial charge in [-0.2, -0.15) is 0 Å². The molecular formula is C22H22Cl2N6O3. The SMILES string of the molecule is O=C1CCN(N2Cc3cc(CN4CCN(c5ncc(Cl)cc5Cl)CC4)ccc3C2=O)C(=O)N1. The number of aromatic nitrogens is 1. The number of carbonyl (C=O) groups is 3. The van der Waals surface area contributed by atoms with Crippen LogP contribution in [-0.4, -0.2) is 70.5 Å². The van der Waals surface area contributed by atoms with E-state index >= 15 is 0 Å². The summed E-state index contributed by atoms with van der Waals surface area (Å²) in [6, 6.07) is 6.97. The average Bonchev–Trinajstić information content (AvgIpc) is 3.10. The molecule has 3 aliphatic rings. The molecule has 1 aromatic heterocycles. The van der Waals surface area contributed by atoms with Crippen LogP contribution in [0.1, 0.15) is 27.9 Å². The van der Waals surface area contributed by atoms with Crippen molar-refractivity contribution in [2.75, 3.05) is 37.6 Å². The van der Waals surface area contributed by atoms with Gasteiger partial charge in [0.15, 0.2) is 0 Å². The first-order valence-corrected chi connectivity index (χ1v) is 11.5.